The van der Waals surface area contributed by atoms with Crippen molar-refractivity contribution in [2.75, 3.05) is 27.2 Å². The lowest BCUT2D eigenvalue weighted by molar-refractivity contribution is -0.126. The van der Waals surface area contributed by atoms with E-state index in [4.69, 9.17) is 0 Å². The monoisotopic (exact) mass is 367 g/mol. The van der Waals surface area contributed by atoms with Crippen molar-refractivity contribution in [2.24, 2.45) is 5.92 Å². The van der Waals surface area contributed by atoms with Gasteiger partial charge in [0.2, 0.25) is 5.91 Å². The molecule has 1 aromatic rings. The predicted molar refractivity (Wildman–Crippen MR) is 99.3 cm³/mol. The van der Waals surface area contributed by atoms with Crippen LogP contribution in [0.4, 0.5) is 0 Å². The van der Waals surface area contributed by atoms with Gasteiger partial charge in [-0.3, -0.25) is 4.79 Å². The van der Waals surface area contributed by atoms with E-state index in [2.05, 4.69) is 17.4 Å². The topological polar surface area (TPSA) is 69.7 Å². The first-order chi connectivity index (χ1) is 11.8. The van der Waals surface area contributed by atoms with E-state index in [1.165, 1.54) is 28.3 Å². The maximum Gasteiger partial charge on any atom is 0.281 e. The van der Waals surface area contributed by atoms with Gasteiger partial charge in [-0.1, -0.05) is 30.3 Å². The molecule has 0 spiro atoms. The molecule has 0 saturated carbocycles. The highest BCUT2D eigenvalue weighted by molar-refractivity contribution is 7.86. The molecule has 1 aromatic carbocycles. The highest BCUT2D eigenvalue weighted by Gasteiger charge is 2.32. The molecule has 1 saturated heterocycles. The van der Waals surface area contributed by atoms with Crippen molar-refractivity contribution in [3.05, 3.63) is 35.9 Å². The van der Waals surface area contributed by atoms with Gasteiger partial charge in [0.1, 0.15) is 0 Å². The molecule has 1 aliphatic rings. The fourth-order valence-electron chi connectivity index (χ4n) is 3.04. The third-order valence-corrected chi connectivity index (χ3v) is 6.65. The van der Waals surface area contributed by atoms with Crippen molar-refractivity contribution in [1.29, 1.82) is 0 Å². The van der Waals surface area contributed by atoms with E-state index in [0.717, 1.165) is 12.8 Å². The van der Waals surface area contributed by atoms with Crippen molar-refractivity contribution < 1.29 is 13.2 Å². The third-order valence-electron chi connectivity index (χ3n) is 4.71. The molecule has 1 N–H and O–H groups in total. The van der Waals surface area contributed by atoms with Crippen LogP contribution in [0.2, 0.25) is 0 Å². The number of nitrogens with one attached hydrogen (secondary N) is 1. The van der Waals surface area contributed by atoms with E-state index in [1.54, 1.807) is 0 Å². The standard InChI is InChI=1S/C18H29N3O3S/c1-15(9-10-16-7-5-4-6-8-16)19-18(22)17-11-13-21(14-12-17)25(23,24)20(2)3/h4-8,15,17H,9-14H2,1-3H3,(H,19,22). The predicted octanol–water partition coefficient (Wildman–Crippen LogP) is 1.64. The maximum absolute atomic E-state index is 12.4. The number of carbonyl (C=O) groups excluding carboxylic acids is 1. The van der Waals surface area contributed by atoms with Gasteiger partial charge in [0, 0.05) is 39.1 Å². The second kappa shape index (κ2) is 8.78. The van der Waals surface area contributed by atoms with Gasteiger partial charge < -0.3 is 5.32 Å². The Morgan fingerprint density at radius 2 is 1.84 bits per heavy atom. The number of rotatable bonds is 7. The first-order valence-corrected chi connectivity index (χ1v) is 10.2. The van der Waals surface area contributed by atoms with Crippen molar-refractivity contribution >= 4 is 16.1 Å². The Kier molecular flexibility index (Phi) is 6.98. The molecular weight excluding hydrogens is 338 g/mol. The SMILES string of the molecule is CC(CCc1ccccc1)NC(=O)C1CCN(S(=O)(=O)N(C)C)CC1. The number of piperidine rings is 1. The van der Waals surface area contributed by atoms with E-state index in [-0.39, 0.29) is 17.9 Å². The van der Waals surface area contributed by atoms with Gasteiger partial charge in [0.15, 0.2) is 0 Å². The van der Waals surface area contributed by atoms with Crippen molar-refractivity contribution in [2.45, 2.75) is 38.6 Å². The van der Waals surface area contributed by atoms with E-state index < -0.39 is 10.2 Å². The molecule has 1 unspecified atom stereocenters. The van der Waals surface area contributed by atoms with E-state index >= 15 is 0 Å². The fourth-order valence-corrected chi connectivity index (χ4v) is 4.17. The first-order valence-electron chi connectivity index (χ1n) is 8.82. The fraction of sp³-hybridized carbons (Fsp3) is 0.611. The van der Waals surface area contributed by atoms with Crippen molar-refractivity contribution in [1.82, 2.24) is 13.9 Å². The zero-order valence-corrected chi connectivity index (χ0v) is 16.1. The van der Waals surface area contributed by atoms with Crippen molar-refractivity contribution in [3.8, 4) is 0 Å². The summed E-state index contributed by atoms with van der Waals surface area (Å²) in [5.41, 5.74) is 1.27. The summed E-state index contributed by atoms with van der Waals surface area (Å²) in [5, 5.41) is 3.08. The Morgan fingerprint density at radius 3 is 2.40 bits per heavy atom. The average molecular weight is 368 g/mol. The second-order valence-electron chi connectivity index (χ2n) is 6.90. The smallest absolute Gasteiger partial charge is 0.281 e. The van der Waals surface area contributed by atoms with Gasteiger partial charge in [0.05, 0.1) is 0 Å². The number of hydrogen-bond donors (Lipinski definition) is 1. The van der Waals surface area contributed by atoms with Crippen LogP contribution in [-0.2, 0) is 21.4 Å². The molecule has 25 heavy (non-hydrogen) atoms. The Morgan fingerprint density at radius 1 is 1.24 bits per heavy atom. The highest BCUT2D eigenvalue weighted by Crippen LogP contribution is 2.21. The van der Waals surface area contributed by atoms with Gasteiger partial charge in [0.25, 0.3) is 10.2 Å². The van der Waals surface area contributed by atoms with Gasteiger partial charge in [-0.15, -0.1) is 0 Å². The minimum atomic E-state index is -3.38. The summed E-state index contributed by atoms with van der Waals surface area (Å²) in [5.74, 6) is -0.0600. The lowest BCUT2D eigenvalue weighted by Crippen LogP contribution is -2.47. The van der Waals surface area contributed by atoms with Gasteiger partial charge >= 0.3 is 0 Å². The Balaban J connectivity index is 1.76. The molecule has 1 heterocycles. The van der Waals surface area contributed by atoms with Crippen LogP contribution < -0.4 is 5.32 Å². The summed E-state index contributed by atoms with van der Waals surface area (Å²) in [4.78, 5) is 12.4. The van der Waals surface area contributed by atoms with E-state index in [1.807, 2.05) is 25.1 Å². The summed E-state index contributed by atoms with van der Waals surface area (Å²) >= 11 is 0. The van der Waals surface area contributed by atoms with Crippen LogP contribution in [0.1, 0.15) is 31.7 Å². The van der Waals surface area contributed by atoms with Crippen molar-refractivity contribution in [3.63, 3.8) is 0 Å². The minimum Gasteiger partial charge on any atom is -0.353 e. The van der Waals surface area contributed by atoms with Gasteiger partial charge in [-0.2, -0.15) is 17.0 Å². The molecule has 7 heteroatoms. The van der Waals surface area contributed by atoms with Crippen LogP contribution in [0, 0.1) is 5.92 Å². The molecule has 1 aliphatic heterocycles. The number of carbonyl (C=O) groups is 1. The molecule has 1 atom stereocenters. The minimum absolute atomic E-state index is 0.0439. The molecule has 6 nitrogen and oxygen atoms in total. The molecule has 0 aromatic heterocycles. The largest absolute Gasteiger partial charge is 0.353 e. The molecule has 0 radical (unpaired) electrons. The lowest BCUT2D eigenvalue weighted by Gasteiger charge is -2.32. The summed E-state index contributed by atoms with van der Waals surface area (Å²) in [6, 6.07) is 10.3. The van der Waals surface area contributed by atoms with E-state index in [0.29, 0.717) is 25.9 Å². The second-order valence-corrected chi connectivity index (χ2v) is 9.04. The normalized spacial score (nSPS) is 18.2. The molecule has 2 rings (SSSR count). The molecular formula is C18H29N3O3S. The van der Waals surface area contributed by atoms with Crippen LogP contribution >= 0.6 is 0 Å². The number of amides is 1. The third kappa shape index (κ3) is 5.52. The summed E-state index contributed by atoms with van der Waals surface area (Å²) in [6.45, 7) is 2.82. The average Bonchev–Trinajstić information content (AvgIpc) is 2.60. The van der Waals surface area contributed by atoms with Crippen LogP contribution in [-0.4, -0.2) is 56.2 Å². The number of nitrogens with zero attached hydrogens (tertiary/aromatic N) is 2. The summed E-state index contributed by atoms with van der Waals surface area (Å²) in [6.07, 6.45) is 2.97. The van der Waals surface area contributed by atoms with Gasteiger partial charge in [-0.05, 0) is 38.2 Å². The Bertz CT molecular complexity index is 653. The quantitative estimate of drug-likeness (QED) is 0.796. The number of hydrogen-bond acceptors (Lipinski definition) is 3. The highest BCUT2D eigenvalue weighted by atomic mass is 32.2. The zero-order valence-electron chi connectivity index (χ0n) is 15.3. The lowest BCUT2D eigenvalue weighted by atomic mass is 9.96. The zero-order chi connectivity index (χ0) is 18.4. The van der Waals surface area contributed by atoms with Gasteiger partial charge in [-0.25, -0.2) is 0 Å². The first kappa shape index (κ1) is 19.9. The molecule has 1 amide bonds. The molecule has 140 valence electrons. The Labute approximate surface area is 151 Å². The summed E-state index contributed by atoms with van der Waals surface area (Å²) < 4.78 is 26.9. The van der Waals surface area contributed by atoms with Crippen LogP contribution in [0.5, 0.6) is 0 Å². The molecule has 0 aliphatic carbocycles. The maximum atomic E-state index is 12.4. The van der Waals surface area contributed by atoms with Crippen LogP contribution in [0.3, 0.4) is 0 Å². The summed E-state index contributed by atoms with van der Waals surface area (Å²) in [7, 11) is -0.316. The Hall–Kier alpha value is -1.44. The molecule has 0 bridgehead atoms. The number of aryl methyl sites for hydroxylation is 1. The van der Waals surface area contributed by atoms with Crippen LogP contribution in [0.25, 0.3) is 0 Å². The van der Waals surface area contributed by atoms with E-state index in [9.17, 15) is 13.2 Å². The van der Waals surface area contributed by atoms with Crippen LogP contribution in [0.15, 0.2) is 30.3 Å². The molecule has 1 fully saturated rings. The number of benzene rings is 1.